The summed E-state index contributed by atoms with van der Waals surface area (Å²) in [4.78, 5) is 2.85. The second-order valence-corrected chi connectivity index (χ2v) is 5.55. The highest BCUT2D eigenvalue weighted by Crippen LogP contribution is 2.34. The Hall–Kier alpha value is -0.0800. The van der Waals surface area contributed by atoms with Gasteiger partial charge >= 0.3 is 0 Å². The van der Waals surface area contributed by atoms with Crippen molar-refractivity contribution in [1.29, 1.82) is 0 Å². The molecule has 0 bridgehead atoms. The SMILES string of the molecule is CCCN(C1CCNC1)C1CCCC1CC. The van der Waals surface area contributed by atoms with Crippen LogP contribution in [0.5, 0.6) is 0 Å². The predicted molar refractivity (Wildman–Crippen MR) is 69.7 cm³/mol. The summed E-state index contributed by atoms with van der Waals surface area (Å²) in [6.07, 6.45) is 8.45. The van der Waals surface area contributed by atoms with Crippen molar-refractivity contribution in [1.82, 2.24) is 10.2 Å². The van der Waals surface area contributed by atoms with Crippen LogP contribution in [-0.4, -0.2) is 36.6 Å². The van der Waals surface area contributed by atoms with E-state index in [1.54, 1.807) is 0 Å². The lowest BCUT2D eigenvalue weighted by molar-refractivity contribution is 0.112. The molecule has 2 nitrogen and oxygen atoms in total. The lowest BCUT2D eigenvalue weighted by atomic mass is 9.97. The molecule has 2 fully saturated rings. The summed E-state index contributed by atoms with van der Waals surface area (Å²) >= 11 is 0. The molecule has 3 atom stereocenters. The fraction of sp³-hybridized carbons (Fsp3) is 1.00. The van der Waals surface area contributed by atoms with E-state index in [1.165, 1.54) is 58.2 Å². The number of hydrogen-bond donors (Lipinski definition) is 1. The Morgan fingerprint density at radius 3 is 2.69 bits per heavy atom. The molecule has 2 heteroatoms. The first kappa shape index (κ1) is 12.4. The van der Waals surface area contributed by atoms with E-state index in [9.17, 15) is 0 Å². The van der Waals surface area contributed by atoms with Crippen molar-refractivity contribution in [2.24, 2.45) is 5.92 Å². The zero-order chi connectivity index (χ0) is 11.4. The fourth-order valence-electron chi connectivity index (χ4n) is 3.73. The first-order valence-electron chi connectivity index (χ1n) is 7.33. The normalized spacial score (nSPS) is 35.1. The van der Waals surface area contributed by atoms with E-state index in [0.717, 1.165) is 18.0 Å². The number of hydrogen-bond acceptors (Lipinski definition) is 2. The molecule has 2 aliphatic rings. The summed E-state index contributed by atoms with van der Waals surface area (Å²) in [6, 6.07) is 1.73. The zero-order valence-electron chi connectivity index (χ0n) is 11.0. The zero-order valence-corrected chi connectivity index (χ0v) is 11.0. The first-order valence-corrected chi connectivity index (χ1v) is 7.33. The molecule has 1 aliphatic heterocycles. The summed E-state index contributed by atoms with van der Waals surface area (Å²) < 4.78 is 0. The molecule has 1 heterocycles. The lowest BCUT2D eigenvalue weighted by Crippen LogP contribution is -2.46. The first-order chi connectivity index (χ1) is 7.86. The van der Waals surface area contributed by atoms with Crippen LogP contribution in [0.3, 0.4) is 0 Å². The van der Waals surface area contributed by atoms with Gasteiger partial charge in [-0.25, -0.2) is 0 Å². The molecule has 0 radical (unpaired) electrons. The topological polar surface area (TPSA) is 15.3 Å². The van der Waals surface area contributed by atoms with Gasteiger partial charge in [-0.3, -0.25) is 4.90 Å². The molecule has 16 heavy (non-hydrogen) atoms. The van der Waals surface area contributed by atoms with Crippen molar-refractivity contribution >= 4 is 0 Å². The van der Waals surface area contributed by atoms with Crippen molar-refractivity contribution in [2.45, 2.75) is 64.5 Å². The number of nitrogens with one attached hydrogen (secondary N) is 1. The van der Waals surface area contributed by atoms with E-state index in [1.807, 2.05) is 0 Å². The maximum absolute atomic E-state index is 3.53. The minimum absolute atomic E-state index is 0.831. The van der Waals surface area contributed by atoms with Crippen molar-refractivity contribution in [3.8, 4) is 0 Å². The van der Waals surface area contributed by atoms with E-state index >= 15 is 0 Å². The van der Waals surface area contributed by atoms with Crippen molar-refractivity contribution in [3.05, 3.63) is 0 Å². The van der Waals surface area contributed by atoms with Crippen LogP contribution in [0, 0.1) is 5.92 Å². The highest BCUT2D eigenvalue weighted by Gasteiger charge is 2.34. The van der Waals surface area contributed by atoms with Gasteiger partial charge in [-0.1, -0.05) is 26.7 Å². The van der Waals surface area contributed by atoms with Gasteiger partial charge in [-0.05, 0) is 44.7 Å². The maximum Gasteiger partial charge on any atom is 0.0235 e. The Labute approximate surface area is 101 Å². The third-order valence-corrected chi connectivity index (χ3v) is 4.55. The second kappa shape index (κ2) is 6.02. The van der Waals surface area contributed by atoms with E-state index in [-0.39, 0.29) is 0 Å². The molecule has 1 saturated heterocycles. The van der Waals surface area contributed by atoms with Gasteiger partial charge in [-0.2, -0.15) is 0 Å². The summed E-state index contributed by atoms with van der Waals surface area (Å²) in [7, 11) is 0. The standard InChI is InChI=1S/C14H28N2/c1-3-10-16(13-8-9-15-11-13)14-7-5-6-12(14)4-2/h12-15H,3-11H2,1-2H3. The Morgan fingerprint density at radius 2 is 2.06 bits per heavy atom. The monoisotopic (exact) mass is 224 g/mol. The largest absolute Gasteiger partial charge is 0.315 e. The van der Waals surface area contributed by atoms with Gasteiger partial charge in [-0.15, -0.1) is 0 Å². The summed E-state index contributed by atoms with van der Waals surface area (Å²) in [6.45, 7) is 8.47. The highest BCUT2D eigenvalue weighted by atomic mass is 15.2. The Balaban J connectivity index is 1.99. The van der Waals surface area contributed by atoms with Crippen LogP contribution in [0.25, 0.3) is 0 Å². The van der Waals surface area contributed by atoms with Gasteiger partial charge in [0, 0.05) is 18.6 Å². The van der Waals surface area contributed by atoms with Crippen molar-refractivity contribution in [3.63, 3.8) is 0 Å². The molecule has 0 amide bonds. The van der Waals surface area contributed by atoms with Crippen LogP contribution >= 0.6 is 0 Å². The van der Waals surface area contributed by atoms with Crippen LogP contribution in [0.1, 0.15) is 52.4 Å². The van der Waals surface area contributed by atoms with Crippen LogP contribution in [0.4, 0.5) is 0 Å². The molecule has 1 N–H and O–H groups in total. The summed E-state index contributed by atoms with van der Waals surface area (Å²) in [5.74, 6) is 0.979. The third-order valence-electron chi connectivity index (χ3n) is 4.55. The van der Waals surface area contributed by atoms with Crippen LogP contribution in [0.15, 0.2) is 0 Å². The van der Waals surface area contributed by atoms with Gasteiger partial charge in [0.15, 0.2) is 0 Å². The molecule has 94 valence electrons. The van der Waals surface area contributed by atoms with Gasteiger partial charge in [0.2, 0.25) is 0 Å². The van der Waals surface area contributed by atoms with Crippen LogP contribution < -0.4 is 5.32 Å². The van der Waals surface area contributed by atoms with Gasteiger partial charge < -0.3 is 5.32 Å². The number of nitrogens with zero attached hydrogens (tertiary/aromatic N) is 1. The molecule has 3 unspecified atom stereocenters. The van der Waals surface area contributed by atoms with E-state index < -0.39 is 0 Å². The Kier molecular flexibility index (Phi) is 4.66. The van der Waals surface area contributed by atoms with E-state index in [4.69, 9.17) is 0 Å². The van der Waals surface area contributed by atoms with E-state index in [0.29, 0.717) is 0 Å². The average Bonchev–Trinajstić information content (AvgIpc) is 2.96. The van der Waals surface area contributed by atoms with Crippen molar-refractivity contribution < 1.29 is 0 Å². The van der Waals surface area contributed by atoms with Crippen molar-refractivity contribution in [2.75, 3.05) is 19.6 Å². The molecule has 1 aliphatic carbocycles. The fourth-order valence-corrected chi connectivity index (χ4v) is 3.73. The average molecular weight is 224 g/mol. The molecular weight excluding hydrogens is 196 g/mol. The molecule has 0 aromatic rings. The molecule has 0 aromatic heterocycles. The summed E-state index contributed by atoms with van der Waals surface area (Å²) in [5.41, 5.74) is 0. The van der Waals surface area contributed by atoms with Crippen LogP contribution in [0.2, 0.25) is 0 Å². The third kappa shape index (κ3) is 2.60. The minimum Gasteiger partial charge on any atom is -0.315 e. The van der Waals surface area contributed by atoms with Gasteiger partial charge in [0.1, 0.15) is 0 Å². The second-order valence-electron chi connectivity index (χ2n) is 5.55. The lowest BCUT2D eigenvalue weighted by Gasteiger charge is -2.37. The van der Waals surface area contributed by atoms with Crippen LogP contribution in [-0.2, 0) is 0 Å². The summed E-state index contributed by atoms with van der Waals surface area (Å²) in [5, 5.41) is 3.53. The molecule has 0 spiro atoms. The molecule has 2 rings (SSSR count). The Bertz CT molecular complexity index is 199. The highest BCUT2D eigenvalue weighted by molar-refractivity contribution is 4.91. The molecule has 0 aromatic carbocycles. The predicted octanol–water partition coefficient (Wildman–Crippen LogP) is 2.64. The minimum atomic E-state index is 0.831. The molecular formula is C14H28N2. The molecule has 1 saturated carbocycles. The smallest absolute Gasteiger partial charge is 0.0235 e. The number of rotatable bonds is 5. The van der Waals surface area contributed by atoms with Gasteiger partial charge in [0.25, 0.3) is 0 Å². The van der Waals surface area contributed by atoms with Gasteiger partial charge in [0.05, 0.1) is 0 Å². The van der Waals surface area contributed by atoms with E-state index in [2.05, 4.69) is 24.1 Å². The maximum atomic E-state index is 3.53. The Morgan fingerprint density at radius 1 is 1.19 bits per heavy atom. The quantitative estimate of drug-likeness (QED) is 0.772.